The lowest BCUT2D eigenvalue weighted by Crippen LogP contribution is -2.58. The van der Waals surface area contributed by atoms with Crippen LogP contribution in [0, 0.1) is 5.41 Å². The van der Waals surface area contributed by atoms with Gasteiger partial charge < -0.3 is 24.4 Å². The number of anilines is 2. The number of amidine groups is 1. The van der Waals surface area contributed by atoms with Crippen molar-refractivity contribution in [3.8, 4) is 5.69 Å². The zero-order valence-electron chi connectivity index (χ0n) is 24.0. The lowest BCUT2D eigenvalue weighted by molar-refractivity contribution is -0.163. The second-order valence-corrected chi connectivity index (χ2v) is 12.2. The van der Waals surface area contributed by atoms with E-state index in [1.54, 1.807) is 24.0 Å². The van der Waals surface area contributed by atoms with E-state index in [4.69, 9.17) is 4.74 Å². The molecular formula is C29H33F3N8O2S. The lowest BCUT2D eigenvalue weighted by Gasteiger charge is -2.53. The summed E-state index contributed by atoms with van der Waals surface area (Å²) in [5.74, 6) is 0.176. The first-order chi connectivity index (χ1) is 20.6. The molecule has 0 unspecified atom stereocenters. The van der Waals surface area contributed by atoms with Crippen molar-refractivity contribution in [1.82, 2.24) is 24.4 Å². The summed E-state index contributed by atoms with van der Waals surface area (Å²) in [7, 11) is 1.38. The predicted molar refractivity (Wildman–Crippen MR) is 158 cm³/mol. The topological polar surface area (TPSA) is 101 Å². The van der Waals surface area contributed by atoms with Crippen molar-refractivity contribution in [2.45, 2.75) is 50.7 Å². The van der Waals surface area contributed by atoms with Crippen LogP contribution in [-0.2, 0) is 4.74 Å². The van der Waals surface area contributed by atoms with Crippen LogP contribution in [0.2, 0.25) is 0 Å². The highest BCUT2D eigenvalue weighted by atomic mass is 32.1. The third kappa shape index (κ3) is 5.90. The number of carbonyl (C=O) groups is 1. The molecule has 228 valence electrons. The van der Waals surface area contributed by atoms with Gasteiger partial charge in [-0.15, -0.1) is 11.3 Å². The van der Waals surface area contributed by atoms with Crippen LogP contribution in [0.5, 0.6) is 0 Å². The standard InChI is InChI=1S/C29H33F3N8O2S/c1-4-40(18(2)29(30,31)32)25(33-3)27-37-24(14-43-27)36-26(41)20-11-22(38-13-21(35-17-38)19-5-6-19)23(12-34-20)39-15-28(16-39)7-9-42-10-8-28/h4,11-14,17-19H,1,5-10,15-16H2,2-3H3,(H,36,41)/t18-/m0/s1. The number of imidazole rings is 1. The molecule has 43 heavy (non-hydrogen) atoms. The second kappa shape index (κ2) is 11.4. The fraction of sp³-hybridized carbons (Fsp3) is 0.483. The number of nitrogens with one attached hydrogen (secondary N) is 1. The Morgan fingerprint density at radius 2 is 2.02 bits per heavy atom. The van der Waals surface area contributed by atoms with Gasteiger partial charge in [-0.2, -0.15) is 13.2 Å². The van der Waals surface area contributed by atoms with Crippen molar-refractivity contribution in [2.24, 2.45) is 10.4 Å². The molecule has 14 heteroatoms. The molecule has 2 aliphatic heterocycles. The molecule has 1 amide bonds. The van der Waals surface area contributed by atoms with E-state index >= 15 is 0 Å². The number of amides is 1. The van der Waals surface area contributed by atoms with Gasteiger partial charge in [-0.3, -0.25) is 9.79 Å². The van der Waals surface area contributed by atoms with Gasteiger partial charge in [0.25, 0.3) is 5.91 Å². The van der Waals surface area contributed by atoms with Crippen molar-refractivity contribution in [2.75, 3.05) is 43.6 Å². The summed E-state index contributed by atoms with van der Waals surface area (Å²) in [5, 5.41) is 4.50. The largest absolute Gasteiger partial charge is 0.408 e. The van der Waals surface area contributed by atoms with Crippen LogP contribution in [0.25, 0.3) is 5.69 Å². The average Bonchev–Trinajstić information content (AvgIpc) is 3.53. The SMILES string of the molecule is C=CN(C(=NC)c1nc(NC(=O)c2cc(-n3cnc(C4CC4)c3)c(N3CC4(CCOCC4)C3)cn2)cs1)[C@@H](C)C(F)(F)F. The lowest BCUT2D eigenvalue weighted by atomic mass is 9.73. The number of hydrogen-bond acceptors (Lipinski definition) is 8. The molecule has 2 saturated heterocycles. The van der Waals surface area contributed by atoms with Gasteiger partial charge in [0.1, 0.15) is 17.6 Å². The average molecular weight is 615 g/mol. The zero-order valence-corrected chi connectivity index (χ0v) is 24.8. The Hall–Kier alpha value is -3.78. The number of nitrogens with zero attached hydrogens (tertiary/aromatic N) is 7. The number of aromatic nitrogens is 4. The predicted octanol–water partition coefficient (Wildman–Crippen LogP) is 5.24. The monoisotopic (exact) mass is 614 g/mol. The zero-order chi connectivity index (χ0) is 30.4. The normalized spacial score (nSPS) is 19.2. The van der Waals surface area contributed by atoms with E-state index in [-0.39, 0.29) is 27.8 Å². The van der Waals surface area contributed by atoms with Gasteiger partial charge in [0.15, 0.2) is 10.8 Å². The van der Waals surface area contributed by atoms with Gasteiger partial charge in [-0.25, -0.2) is 15.0 Å². The van der Waals surface area contributed by atoms with Crippen molar-refractivity contribution in [3.63, 3.8) is 0 Å². The van der Waals surface area contributed by atoms with Crippen molar-refractivity contribution in [1.29, 1.82) is 0 Å². The number of carbonyl (C=O) groups excluding carboxylic acids is 1. The summed E-state index contributed by atoms with van der Waals surface area (Å²) in [5.41, 5.74) is 3.20. The summed E-state index contributed by atoms with van der Waals surface area (Å²) in [6, 6.07) is -0.114. The maximum Gasteiger partial charge on any atom is 0.408 e. The Kier molecular flexibility index (Phi) is 7.75. The Morgan fingerprint density at radius 1 is 1.28 bits per heavy atom. The Morgan fingerprint density at radius 3 is 2.67 bits per heavy atom. The summed E-state index contributed by atoms with van der Waals surface area (Å²) in [6.45, 7) is 7.90. The first-order valence-corrected chi connectivity index (χ1v) is 15.1. The minimum Gasteiger partial charge on any atom is -0.381 e. The third-order valence-corrected chi connectivity index (χ3v) is 9.24. The van der Waals surface area contributed by atoms with Crippen LogP contribution in [0.1, 0.15) is 59.7 Å². The highest BCUT2D eigenvalue weighted by molar-refractivity contribution is 7.12. The third-order valence-electron chi connectivity index (χ3n) is 8.40. The highest BCUT2D eigenvalue weighted by Gasteiger charge is 2.45. The van der Waals surface area contributed by atoms with Crippen LogP contribution in [0.15, 0.2) is 47.9 Å². The number of aliphatic imine (C=N–C) groups is 1. The molecule has 1 N–H and O–H groups in total. The Bertz CT molecular complexity index is 1530. The second-order valence-electron chi connectivity index (χ2n) is 11.4. The van der Waals surface area contributed by atoms with E-state index in [1.165, 1.54) is 7.05 Å². The molecule has 1 saturated carbocycles. The van der Waals surface area contributed by atoms with Crippen molar-refractivity contribution >= 4 is 34.6 Å². The molecule has 3 aliphatic rings. The van der Waals surface area contributed by atoms with Gasteiger partial charge in [-0.1, -0.05) is 6.58 Å². The Labute approximate surface area is 251 Å². The quantitative estimate of drug-likeness (QED) is 0.274. The number of halogens is 3. The molecule has 5 heterocycles. The molecule has 0 radical (unpaired) electrons. The number of alkyl halides is 3. The number of pyridine rings is 1. The van der Waals surface area contributed by atoms with Crippen LogP contribution in [-0.4, -0.2) is 81.7 Å². The van der Waals surface area contributed by atoms with Crippen LogP contribution in [0.4, 0.5) is 24.7 Å². The first kappa shape index (κ1) is 29.3. The molecule has 1 atom stereocenters. The minimum atomic E-state index is -4.50. The van der Waals surface area contributed by atoms with Crippen molar-refractivity contribution < 1.29 is 22.7 Å². The molecule has 3 aromatic rings. The molecular weight excluding hydrogens is 581 g/mol. The number of ether oxygens (including phenoxy) is 1. The molecule has 3 aromatic heterocycles. The van der Waals surface area contributed by atoms with E-state index < -0.39 is 18.1 Å². The maximum absolute atomic E-state index is 13.4. The van der Waals surface area contributed by atoms with Gasteiger partial charge >= 0.3 is 6.18 Å². The van der Waals surface area contributed by atoms with Crippen molar-refractivity contribution in [3.05, 3.63) is 59.3 Å². The van der Waals surface area contributed by atoms with E-state index in [1.807, 2.05) is 10.8 Å². The van der Waals surface area contributed by atoms with E-state index in [2.05, 4.69) is 36.7 Å². The van der Waals surface area contributed by atoms with Gasteiger partial charge in [0, 0.05) is 56.3 Å². The summed E-state index contributed by atoms with van der Waals surface area (Å²) in [4.78, 5) is 34.0. The first-order valence-electron chi connectivity index (χ1n) is 14.2. The fourth-order valence-electron chi connectivity index (χ4n) is 5.65. The smallest absolute Gasteiger partial charge is 0.381 e. The van der Waals surface area contributed by atoms with Gasteiger partial charge in [0.05, 0.1) is 29.6 Å². The molecule has 0 bridgehead atoms. The number of thiazole rings is 1. The summed E-state index contributed by atoms with van der Waals surface area (Å²) in [6.07, 6.45) is 6.42. The molecule has 3 fully saturated rings. The molecule has 0 aromatic carbocycles. The van der Waals surface area contributed by atoms with Gasteiger partial charge in [-0.05, 0) is 44.9 Å². The fourth-order valence-corrected chi connectivity index (χ4v) is 6.44. The maximum atomic E-state index is 13.4. The molecule has 1 spiro atoms. The van der Waals surface area contributed by atoms with Gasteiger partial charge in [0.2, 0.25) is 0 Å². The number of rotatable bonds is 8. The van der Waals surface area contributed by atoms with E-state index in [0.717, 1.165) is 98.4 Å². The Balaban J connectivity index is 1.23. The van der Waals surface area contributed by atoms with Crippen LogP contribution >= 0.6 is 11.3 Å². The molecule has 1 aliphatic carbocycles. The molecule has 6 rings (SSSR count). The summed E-state index contributed by atoms with van der Waals surface area (Å²) >= 11 is 1.07. The summed E-state index contributed by atoms with van der Waals surface area (Å²) < 4.78 is 47.8. The minimum absolute atomic E-state index is 0.00138. The van der Waals surface area contributed by atoms with E-state index in [9.17, 15) is 18.0 Å². The highest BCUT2D eigenvalue weighted by Crippen LogP contribution is 2.44. The van der Waals surface area contributed by atoms with Crippen LogP contribution < -0.4 is 10.2 Å². The molecule has 10 nitrogen and oxygen atoms in total. The van der Waals surface area contributed by atoms with Crippen LogP contribution in [0.3, 0.4) is 0 Å². The van der Waals surface area contributed by atoms with E-state index in [0.29, 0.717) is 5.92 Å². The number of hydrogen-bond donors (Lipinski definition) is 1.